The van der Waals surface area contributed by atoms with Crippen molar-refractivity contribution in [1.29, 1.82) is 0 Å². The molecule has 1 aliphatic rings. The van der Waals surface area contributed by atoms with Crippen LogP contribution in [-0.4, -0.2) is 17.9 Å². The van der Waals surface area contributed by atoms with Crippen molar-refractivity contribution in [2.24, 2.45) is 5.92 Å². The molecular weight excluding hydrogens is 187 g/mol. The van der Waals surface area contributed by atoms with Crippen LogP contribution in [0.4, 0.5) is 0 Å². The maximum Gasteiger partial charge on any atom is 0.336 e. The third kappa shape index (κ3) is 2.15. The Labute approximate surface area is 80.3 Å². The molecule has 0 aromatic carbocycles. The van der Waals surface area contributed by atoms with Crippen LogP contribution >= 0.6 is 7.60 Å². The van der Waals surface area contributed by atoms with Crippen LogP contribution in [0.2, 0.25) is 0 Å². The average Bonchev–Trinajstić information content (AvgIpc) is 1.95. The number of hydrogen-bond acceptors (Lipinski definition) is 3. The van der Waals surface area contributed by atoms with E-state index in [0.717, 1.165) is 0 Å². The molecular formula is C9H19O3P. The zero-order chi connectivity index (χ0) is 10.3. The van der Waals surface area contributed by atoms with Gasteiger partial charge in [-0.15, -0.1) is 0 Å². The highest BCUT2D eigenvalue weighted by molar-refractivity contribution is 7.55. The predicted molar refractivity (Wildman–Crippen MR) is 53.0 cm³/mol. The standard InChI is InChI=1S/C9H19O3P/c1-7-6-11-13(10,9(3,4)5)12-8(7)2/h7-8H,6H2,1-5H3. The fourth-order valence-corrected chi connectivity index (χ4v) is 2.90. The first-order valence-electron chi connectivity index (χ1n) is 4.69. The number of hydrogen-bond donors (Lipinski definition) is 0. The van der Waals surface area contributed by atoms with E-state index in [-0.39, 0.29) is 6.10 Å². The van der Waals surface area contributed by atoms with Crippen LogP contribution in [0.15, 0.2) is 0 Å². The lowest BCUT2D eigenvalue weighted by Crippen LogP contribution is -2.32. The smallest absolute Gasteiger partial charge is 0.308 e. The van der Waals surface area contributed by atoms with Crippen molar-refractivity contribution in [1.82, 2.24) is 0 Å². The largest absolute Gasteiger partial charge is 0.336 e. The van der Waals surface area contributed by atoms with E-state index in [9.17, 15) is 4.57 Å². The van der Waals surface area contributed by atoms with Gasteiger partial charge in [-0.1, -0.05) is 6.92 Å². The lowest BCUT2D eigenvalue weighted by Gasteiger charge is -2.38. The summed E-state index contributed by atoms with van der Waals surface area (Å²) < 4.78 is 23.0. The van der Waals surface area contributed by atoms with E-state index in [1.54, 1.807) is 0 Å². The van der Waals surface area contributed by atoms with Gasteiger partial charge in [0, 0.05) is 5.92 Å². The molecule has 3 atom stereocenters. The molecule has 3 nitrogen and oxygen atoms in total. The highest BCUT2D eigenvalue weighted by atomic mass is 31.2. The Hall–Kier alpha value is 0.150. The third-order valence-electron chi connectivity index (χ3n) is 2.44. The second-order valence-corrected chi connectivity index (χ2v) is 7.56. The molecule has 0 amide bonds. The van der Waals surface area contributed by atoms with Crippen LogP contribution in [0.3, 0.4) is 0 Å². The second-order valence-electron chi connectivity index (χ2n) is 4.75. The summed E-state index contributed by atoms with van der Waals surface area (Å²) in [5.41, 5.74) is 0. The van der Waals surface area contributed by atoms with Crippen molar-refractivity contribution >= 4 is 7.60 Å². The summed E-state index contributed by atoms with van der Waals surface area (Å²) >= 11 is 0. The van der Waals surface area contributed by atoms with Gasteiger partial charge in [0.25, 0.3) is 0 Å². The monoisotopic (exact) mass is 206 g/mol. The van der Waals surface area contributed by atoms with E-state index < -0.39 is 12.8 Å². The van der Waals surface area contributed by atoms with Crippen LogP contribution < -0.4 is 0 Å². The molecule has 0 N–H and O–H groups in total. The van der Waals surface area contributed by atoms with Crippen molar-refractivity contribution in [3.8, 4) is 0 Å². The van der Waals surface area contributed by atoms with Gasteiger partial charge in [0.15, 0.2) is 0 Å². The summed E-state index contributed by atoms with van der Waals surface area (Å²) in [6.45, 7) is 10.2. The maximum atomic E-state index is 12.2. The summed E-state index contributed by atoms with van der Waals surface area (Å²) in [6.07, 6.45) is 0.0267. The Balaban J connectivity index is 2.80. The van der Waals surface area contributed by atoms with Gasteiger partial charge in [-0.3, -0.25) is 4.57 Å². The molecule has 1 aliphatic heterocycles. The number of rotatable bonds is 0. The molecule has 1 fully saturated rings. The van der Waals surface area contributed by atoms with Crippen LogP contribution in [0.25, 0.3) is 0 Å². The van der Waals surface area contributed by atoms with E-state index in [4.69, 9.17) is 9.05 Å². The van der Waals surface area contributed by atoms with E-state index in [0.29, 0.717) is 12.5 Å². The van der Waals surface area contributed by atoms with Gasteiger partial charge in [0.05, 0.1) is 17.9 Å². The molecule has 1 saturated heterocycles. The molecule has 3 unspecified atom stereocenters. The van der Waals surface area contributed by atoms with Crippen molar-refractivity contribution < 1.29 is 13.6 Å². The Morgan fingerprint density at radius 1 is 1.31 bits per heavy atom. The molecule has 13 heavy (non-hydrogen) atoms. The highest BCUT2D eigenvalue weighted by Crippen LogP contribution is 2.62. The molecule has 78 valence electrons. The quantitative estimate of drug-likeness (QED) is 0.571. The lowest BCUT2D eigenvalue weighted by molar-refractivity contribution is 0.0378. The third-order valence-corrected chi connectivity index (χ3v) is 5.18. The molecule has 0 aromatic rings. The molecule has 0 radical (unpaired) electrons. The minimum Gasteiger partial charge on any atom is -0.308 e. The minimum atomic E-state index is -2.89. The van der Waals surface area contributed by atoms with Gasteiger partial charge < -0.3 is 9.05 Å². The normalized spacial score (nSPS) is 41.9. The summed E-state index contributed by atoms with van der Waals surface area (Å²) in [5.74, 6) is 0.324. The molecule has 1 heterocycles. The zero-order valence-corrected chi connectivity index (χ0v) is 9.93. The van der Waals surface area contributed by atoms with E-state index in [1.165, 1.54) is 0 Å². The van der Waals surface area contributed by atoms with E-state index in [2.05, 4.69) is 0 Å². The summed E-state index contributed by atoms with van der Waals surface area (Å²) in [7, 11) is -2.89. The van der Waals surface area contributed by atoms with Gasteiger partial charge in [-0.05, 0) is 27.7 Å². The fraction of sp³-hybridized carbons (Fsp3) is 1.00. The first kappa shape index (κ1) is 11.2. The first-order valence-corrected chi connectivity index (χ1v) is 6.23. The Morgan fingerprint density at radius 2 is 1.85 bits per heavy atom. The van der Waals surface area contributed by atoms with Gasteiger partial charge in [-0.25, -0.2) is 0 Å². The predicted octanol–water partition coefficient (Wildman–Crippen LogP) is 3.05. The van der Waals surface area contributed by atoms with Gasteiger partial charge >= 0.3 is 7.60 Å². The average molecular weight is 206 g/mol. The molecule has 0 bridgehead atoms. The highest BCUT2D eigenvalue weighted by Gasteiger charge is 2.45. The molecule has 0 saturated carbocycles. The first-order chi connectivity index (χ1) is 5.76. The molecule has 0 spiro atoms. The SMILES string of the molecule is CC1COP(=O)(C(C)(C)C)OC1C. The van der Waals surface area contributed by atoms with Crippen LogP contribution in [0, 0.1) is 5.92 Å². The molecule has 1 rings (SSSR count). The Kier molecular flexibility index (Phi) is 2.92. The zero-order valence-electron chi connectivity index (χ0n) is 9.03. The van der Waals surface area contributed by atoms with Crippen LogP contribution in [0.5, 0.6) is 0 Å². The second kappa shape index (κ2) is 3.38. The maximum absolute atomic E-state index is 12.2. The van der Waals surface area contributed by atoms with Gasteiger partial charge in [0.1, 0.15) is 0 Å². The van der Waals surface area contributed by atoms with Crippen molar-refractivity contribution in [3.63, 3.8) is 0 Å². The van der Waals surface area contributed by atoms with E-state index in [1.807, 2.05) is 34.6 Å². The molecule has 0 aliphatic carbocycles. The Morgan fingerprint density at radius 3 is 2.23 bits per heavy atom. The van der Waals surface area contributed by atoms with Crippen molar-refractivity contribution in [2.75, 3.05) is 6.61 Å². The summed E-state index contributed by atoms with van der Waals surface area (Å²) in [5, 5.41) is -0.415. The van der Waals surface area contributed by atoms with Gasteiger partial charge in [0.2, 0.25) is 0 Å². The van der Waals surface area contributed by atoms with Crippen molar-refractivity contribution in [2.45, 2.75) is 45.9 Å². The van der Waals surface area contributed by atoms with E-state index >= 15 is 0 Å². The minimum absolute atomic E-state index is 0.0267. The van der Waals surface area contributed by atoms with Crippen LogP contribution in [0.1, 0.15) is 34.6 Å². The van der Waals surface area contributed by atoms with Crippen molar-refractivity contribution in [3.05, 3.63) is 0 Å². The lowest BCUT2D eigenvalue weighted by atomic mass is 10.1. The fourth-order valence-electron chi connectivity index (χ4n) is 1.06. The van der Waals surface area contributed by atoms with Crippen LogP contribution in [-0.2, 0) is 13.6 Å². The topological polar surface area (TPSA) is 35.5 Å². The summed E-state index contributed by atoms with van der Waals surface area (Å²) in [4.78, 5) is 0. The molecule has 0 aromatic heterocycles. The molecule has 4 heteroatoms. The summed E-state index contributed by atoms with van der Waals surface area (Å²) in [6, 6.07) is 0. The van der Waals surface area contributed by atoms with Gasteiger partial charge in [-0.2, -0.15) is 0 Å². The Bertz CT molecular complexity index is 232.